The van der Waals surface area contributed by atoms with Crippen LogP contribution in [0, 0.1) is 0 Å². The highest BCUT2D eigenvalue weighted by atomic mass is 79.9. The third-order valence-corrected chi connectivity index (χ3v) is 5.19. The highest BCUT2D eigenvalue weighted by Crippen LogP contribution is 2.32. The first-order valence-electron chi connectivity index (χ1n) is 8.25. The Bertz CT molecular complexity index is 701. The predicted molar refractivity (Wildman–Crippen MR) is 94.1 cm³/mol. The molecule has 2 heterocycles. The van der Waals surface area contributed by atoms with Gasteiger partial charge in [0, 0.05) is 22.6 Å². The van der Waals surface area contributed by atoms with Gasteiger partial charge in [-0.3, -0.25) is 4.79 Å². The summed E-state index contributed by atoms with van der Waals surface area (Å²) in [6.45, 7) is 3.90. The Hall–Kier alpha value is -1.68. The van der Waals surface area contributed by atoms with Crippen LogP contribution in [-0.2, 0) is 6.54 Å². The van der Waals surface area contributed by atoms with Crippen LogP contribution in [0.3, 0.4) is 0 Å². The molecule has 1 unspecified atom stereocenters. The van der Waals surface area contributed by atoms with Crippen LogP contribution in [0.1, 0.15) is 48.1 Å². The number of nitrogens with zero attached hydrogens (tertiary/aromatic N) is 2. The fourth-order valence-electron chi connectivity index (χ4n) is 3.25. The number of aryl methyl sites for hydroxylation is 1. The Morgan fingerprint density at radius 3 is 2.87 bits per heavy atom. The van der Waals surface area contributed by atoms with Gasteiger partial charge in [-0.15, -0.1) is 0 Å². The van der Waals surface area contributed by atoms with Gasteiger partial charge < -0.3 is 4.90 Å². The molecular weight excluding hydrogens is 352 g/mol. The summed E-state index contributed by atoms with van der Waals surface area (Å²) in [5.41, 5.74) is 1.98. The summed E-state index contributed by atoms with van der Waals surface area (Å²) < 4.78 is 3.04. The van der Waals surface area contributed by atoms with Crippen molar-refractivity contribution in [3.63, 3.8) is 0 Å². The Morgan fingerprint density at radius 2 is 2.09 bits per heavy atom. The molecule has 0 N–H and O–H groups in total. The minimum Gasteiger partial charge on any atom is -0.331 e. The molecule has 4 heteroatoms. The van der Waals surface area contributed by atoms with Gasteiger partial charge in [0.15, 0.2) is 12.4 Å². The number of aromatic nitrogens is 1. The molecule has 3 rings (SSSR count). The first kappa shape index (κ1) is 16.2. The van der Waals surface area contributed by atoms with Crippen LogP contribution >= 0.6 is 15.9 Å². The molecule has 1 aromatic carbocycles. The Balaban J connectivity index is 1.92. The third kappa shape index (κ3) is 3.47. The lowest BCUT2D eigenvalue weighted by atomic mass is 9.95. The first-order valence-corrected chi connectivity index (χ1v) is 9.04. The molecule has 1 fully saturated rings. The minimum atomic E-state index is 0.120. The molecular formula is C19H22BrN2O+. The number of piperidine rings is 1. The highest BCUT2D eigenvalue weighted by Gasteiger charge is 2.30. The first-order chi connectivity index (χ1) is 11.2. The van der Waals surface area contributed by atoms with Gasteiger partial charge in [0.05, 0.1) is 11.6 Å². The largest absolute Gasteiger partial charge is 0.331 e. The maximum Gasteiger partial charge on any atom is 0.255 e. The zero-order chi connectivity index (χ0) is 16.2. The molecule has 1 aromatic heterocycles. The van der Waals surface area contributed by atoms with Gasteiger partial charge in [0.25, 0.3) is 5.91 Å². The molecule has 120 valence electrons. The standard InChI is InChI=1S/C19H22BrN2O/c1-2-21-12-7-8-15(14-21)18-11-5-6-13-22(18)19(23)16-9-3-4-10-17(16)20/h3-4,7-10,12,14,18H,2,5-6,11,13H2,1H3/q+1. The molecule has 2 aromatic rings. The molecule has 1 aliphatic rings. The number of amides is 1. The molecule has 0 saturated carbocycles. The van der Waals surface area contributed by atoms with Crippen LogP contribution in [-0.4, -0.2) is 17.4 Å². The van der Waals surface area contributed by atoms with Crippen molar-refractivity contribution in [2.24, 2.45) is 0 Å². The van der Waals surface area contributed by atoms with Crippen molar-refractivity contribution in [3.8, 4) is 0 Å². The molecule has 23 heavy (non-hydrogen) atoms. The highest BCUT2D eigenvalue weighted by molar-refractivity contribution is 9.10. The van der Waals surface area contributed by atoms with E-state index in [1.54, 1.807) is 0 Å². The summed E-state index contributed by atoms with van der Waals surface area (Å²) in [6, 6.07) is 12.1. The van der Waals surface area contributed by atoms with E-state index in [1.165, 1.54) is 12.0 Å². The lowest BCUT2D eigenvalue weighted by Gasteiger charge is -2.35. The van der Waals surface area contributed by atoms with Crippen LogP contribution in [0.15, 0.2) is 53.3 Å². The Labute approximate surface area is 146 Å². The van der Waals surface area contributed by atoms with Crippen LogP contribution in [0.5, 0.6) is 0 Å². The topological polar surface area (TPSA) is 24.2 Å². The molecule has 1 aliphatic heterocycles. The average molecular weight is 374 g/mol. The molecule has 0 spiro atoms. The third-order valence-electron chi connectivity index (χ3n) is 4.50. The summed E-state index contributed by atoms with van der Waals surface area (Å²) in [4.78, 5) is 15.1. The van der Waals surface area contributed by atoms with E-state index >= 15 is 0 Å². The van der Waals surface area contributed by atoms with Crippen molar-refractivity contribution in [1.82, 2.24) is 4.90 Å². The van der Waals surface area contributed by atoms with Crippen LogP contribution in [0.25, 0.3) is 0 Å². The maximum absolute atomic E-state index is 13.0. The van der Waals surface area contributed by atoms with Gasteiger partial charge in [0.1, 0.15) is 6.54 Å². The van der Waals surface area contributed by atoms with Crippen LogP contribution in [0.2, 0.25) is 0 Å². The number of halogens is 1. The number of hydrogen-bond acceptors (Lipinski definition) is 1. The van der Waals surface area contributed by atoms with E-state index in [1.807, 2.05) is 29.2 Å². The fraction of sp³-hybridized carbons (Fsp3) is 0.368. The second-order valence-corrected chi connectivity index (χ2v) is 6.81. The zero-order valence-corrected chi connectivity index (χ0v) is 15.0. The van der Waals surface area contributed by atoms with Gasteiger partial charge in [-0.05, 0) is 60.3 Å². The molecule has 0 bridgehead atoms. The van der Waals surface area contributed by atoms with Crippen molar-refractivity contribution in [2.45, 2.75) is 38.8 Å². The van der Waals surface area contributed by atoms with Gasteiger partial charge >= 0.3 is 0 Å². The van der Waals surface area contributed by atoms with Crippen molar-refractivity contribution in [1.29, 1.82) is 0 Å². The van der Waals surface area contributed by atoms with Gasteiger partial charge in [-0.1, -0.05) is 12.1 Å². The summed E-state index contributed by atoms with van der Waals surface area (Å²) >= 11 is 3.51. The van der Waals surface area contributed by atoms with Gasteiger partial charge in [-0.25, -0.2) is 4.57 Å². The zero-order valence-electron chi connectivity index (χ0n) is 13.4. The number of hydrogen-bond donors (Lipinski definition) is 0. The second-order valence-electron chi connectivity index (χ2n) is 5.96. The van der Waals surface area contributed by atoms with E-state index in [-0.39, 0.29) is 11.9 Å². The second kappa shape index (κ2) is 7.26. The number of carbonyl (C=O) groups is 1. The normalized spacial score (nSPS) is 18.0. The quantitative estimate of drug-likeness (QED) is 0.742. The lowest BCUT2D eigenvalue weighted by molar-refractivity contribution is -0.694. The molecule has 1 atom stereocenters. The summed E-state index contributed by atoms with van der Waals surface area (Å²) in [5, 5.41) is 0. The molecule has 0 aliphatic carbocycles. The van der Waals surface area contributed by atoms with Crippen LogP contribution < -0.4 is 4.57 Å². The van der Waals surface area contributed by atoms with E-state index in [2.05, 4.69) is 51.9 Å². The van der Waals surface area contributed by atoms with E-state index in [4.69, 9.17) is 0 Å². The summed E-state index contributed by atoms with van der Waals surface area (Å²) in [6.07, 6.45) is 7.53. The van der Waals surface area contributed by atoms with Crippen molar-refractivity contribution < 1.29 is 9.36 Å². The molecule has 1 saturated heterocycles. The summed E-state index contributed by atoms with van der Waals surface area (Å²) in [7, 11) is 0. The lowest BCUT2D eigenvalue weighted by Crippen LogP contribution is -2.40. The molecule has 0 radical (unpaired) electrons. The number of benzene rings is 1. The Kier molecular flexibility index (Phi) is 5.11. The smallest absolute Gasteiger partial charge is 0.255 e. The maximum atomic E-state index is 13.0. The van der Waals surface area contributed by atoms with Gasteiger partial charge in [0.2, 0.25) is 0 Å². The van der Waals surface area contributed by atoms with E-state index < -0.39 is 0 Å². The van der Waals surface area contributed by atoms with E-state index in [0.717, 1.165) is 36.0 Å². The van der Waals surface area contributed by atoms with Gasteiger partial charge in [-0.2, -0.15) is 0 Å². The minimum absolute atomic E-state index is 0.120. The Morgan fingerprint density at radius 1 is 1.26 bits per heavy atom. The summed E-state index contributed by atoms with van der Waals surface area (Å²) in [5.74, 6) is 0.120. The van der Waals surface area contributed by atoms with E-state index in [9.17, 15) is 4.79 Å². The predicted octanol–water partition coefficient (Wildman–Crippen LogP) is 4.12. The van der Waals surface area contributed by atoms with Crippen molar-refractivity contribution >= 4 is 21.8 Å². The number of pyridine rings is 1. The fourth-order valence-corrected chi connectivity index (χ4v) is 3.70. The number of likely N-dealkylation sites (tertiary alicyclic amines) is 1. The monoisotopic (exact) mass is 373 g/mol. The van der Waals surface area contributed by atoms with Crippen molar-refractivity contribution in [2.75, 3.05) is 6.54 Å². The van der Waals surface area contributed by atoms with Crippen LogP contribution in [0.4, 0.5) is 0 Å². The molecule has 3 nitrogen and oxygen atoms in total. The number of rotatable bonds is 3. The van der Waals surface area contributed by atoms with Crippen molar-refractivity contribution in [3.05, 3.63) is 64.4 Å². The molecule has 1 amide bonds. The number of carbonyl (C=O) groups excluding carboxylic acids is 1. The average Bonchev–Trinajstić information content (AvgIpc) is 2.61. The SMILES string of the molecule is CC[n+]1cccc(C2CCCCN2C(=O)c2ccccc2Br)c1. The van der Waals surface area contributed by atoms with E-state index in [0.29, 0.717) is 0 Å².